The van der Waals surface area contributed by atoms with Gasteiger partial charge in [0, 0.05) is 11.6 Å². The maximum absolute atomic E-state index is 5.95. The minimum Gasteiger partial charge on any atom is -0.369 e. The highest BCUT2D eigenvalue weighted by Crippen LogP contribution is 2.20. The smallest absolute Gasteiger partial charge is 0.198 e. The van der Waals surface area contributed by atoms with Gasteiger partial charge in [0.05, 0.1) is 5.69 Å². The molecule has 2 rings (SSSR count). The van der Waals surface area contributed by atoms with Crippen molar-refractivity contribution in [2.24, 2.45) is 10.7 Å². The fraction of sp³-hybridized carbons (Fsp3) is 0.188. The number of nitrogens with two attached hydrogens (primary N) is 1. The first kappa shape index (κ1) is 14.4. The van der Waals surface area contributed by atoms with Gasteiger partial charge in [0.25, 0.3) is 0 Å². The van der Waals surface area contributed by atoms with Crippen LogP contribution < -0.4 is 11.1 Å². The molecular weight excluding hydrogens is 270 g/mol. The van der Waals surface area contributed by atoms with E-state index in [2.05, 4.69) is 29.4 Å². The molecule has 4 heteroatoms. The Bertz CT molecular complexity index is 608. The number of aliphatic imine (C=N–C) groups is 1. The molecule has 0 aliphatic heterocycles. The summed E-state index contributed by atoms with van der Waals surface area (Å²) in [4.78, 5) is 4.38. The fourth-order valence-electron chi connectivity index (χ4n) is 1.91. The van der Waals surface area contributed by atoms with Gasteiger partial charge in [-0.1, -0.05) is 37.3 Å². The summed E-state index contributed by atoms with van der Waals surface area (Å²) in [5.41, 5.74) is 9.89. The first-order valence-corrected chi connectivity index (χ1v) is 7.10. The molecule has 3 N–H and O–H groups in total. The number of anilines is 1. The second-order valence-electron chi connectivity index (χ2n) is 4.44. The van der Waals surface area contributed by atoms with Gasteiger partial charge >= 0.3 is 0 Å². The number of rotatable bonds is 4. The van der Waals surface area contributed by atoms with Crippen LogP contribution in [0.1, 0.15) is 18.1 Å². The van der Waals surface area contributed by atoms with E-state index in [1.165, 1.54) is 5.56 Å². The Morgan fingerprint density at radius 2 is 2.00 bits per heavy atom. The molecule has 0 radical (unpaired) electrons. The van der Waals surface area contributed by atoms with Crippen LogP contribution in [-0.2, 0) is 12.3 Å². The van der Waals surface area contributed by atoms with Crippen LogP contribution >= 0.6 is 11.6 Å². The maximum atomic E-state index is 5.95. The van der Waals surface area contributed by atoms with Crippen LogP contribution in [0.4, 0.5) is 11.4 Å². The molecule has 0 heterocycles. The lowest BCUT2D eigenvalue weighted by atomic mass is 10.1. The van der Waals surface area contributed by atoms with Gasteiger partial charge in [0.15, 0.2) is 5.96 Å². The number of alkyl halides is 1. The van der Waals surface area contributed by atoms with Crippen LogP contribution in [0.2, 0.25) is 0 Å². The van der Waals surface area contributed by atoms with E-state index in [4.69, 9.17) is 17.3 Å². The minimum atomic E-state index is 0.357. The Labute approximate surface area is 124 Å². The standard InChI is InChI=1S/C16H18ClN3/c1-2-12-6-5-8-14(10-12)19-16(18)20-15-9-4-3-7-13(15)11-17/h3-10H,2,11H2,1H3,(H3,18,19,20). The number of halogens is 1. The Hall–Kier alpha value is -2.00. The van der Waals surface area contributed by atoms with Crippen molar-refractivity contribution in [1.29, 1.82) is 0 Å². The summed E-state index contributed by atoms with van der Waals surface area (Å²) in [7, 11) is 0. The Balaban J connectivity index is 2.18. The average molecular weight is 288 g/mol. The molecule has 3 nitrogen and oxygen atoms in total. The summed E-state index contributed by atoms with van der Waals surface area (Å²) < 4.78 is 0. The van der Waals surface area contributed by atoms with Crippen LogP contribution in [0.3, 0.4) is 0 Å². The third kappa shape index (κ3) is 3.75. The molecule has 0 fully saturated rings. The van der Waals surface area contributed by atoms with Crippen LogP contribution in [0.15, 0.2) is 53.5 Å². The molecule has 2 aromatic carbocycles. The molecule has 2 aromatic rings. The lowest BCUT2D eigenvalue weighted by Crippen LogP contribution is -2.22. The van der Waals surface area contributed by atoms with E-state index in [1.54, 1.807) is 0 Å². The number of hydrogen-bond acceptors (Lipinski definition) is 1. The van der Waals surface area contributed by atoms with Crippen LogP contribution in [0.5, 0.6) is 0 Å². The molecule has 0 saturated carbocycles. The molecule has 0 amide bonds. The summed E-state index contributed by atoms with van der Waals surface area (Å²) in [6.45, 7) is 2.12. The monoisotopic (exact) mass is 287 g/mol. The molecule has 0 unspecified atom stereocenters. The zero-order valence-corrected chi connectivity index (χ0v) is 12.2. The third-order valence-corrected chi connectivity index (χ3v) is 3.27. The zero-order chi connectivity index (χ0) is 14.4. The molecule has 0 spiro atoms. The summed E-state index contributed by atoms with van der Waals surface area (Å²) in [5.74, 6) is 0.772. The molecule has 0 atom stereocenters. The number of guanidine groups is 1. The van der Waals surface area contributed by atoms with Crippen LogP contribution in [-0.4, -0.2) is 5.96 Å². The Morgan fingerprint density at radius 3 is 2.75 bits per heavy atom. The number of hydrogen-bond donors (Lipinski definition) is 2. The Morgan fingerprint density at radius 1 is 1.20 bits per heavy atom. The van der Waals surface area contributed by atoms with Crippen molar-refractivity contribution < 1.29 is 0 Å². The van der Waals surface area contributed by atoms with E-state index in [0.29, 0.717) is 11.8 Å². The number of nitrogens with zero attached hydrogens (tertiary/aromatic N) is 1. The van der Waals surface area contributed by atoms with Gasteiger partial charge in [-0.3, -0.25) is 0 Å². The second-order valence-corrected chi connectivity index (χ2v) is 4.71. The number of nitrogens with one attached hydrogen (secondary N) is 1. The van der Waals surface area contributed by atoms with Gasteiger partial charge in [0.2, 0.25) is 0 Å². The summed E-state index contributed by atoms with van der Waals surface area (Å²) >= 11 is 5.88. The summed E-state index contributed by atoms with van der Waals surface area (Å²) in [6.07, 6.45) is 0.988. The van der Waals surface area contributed by atoms with Crippen molar-refractivity contribution in [3.8, 4) is 0 Å². The highest BCUT2D eigenvalue weighted by Gasteiger charge is 2.01. The predicted octanol–water partition coefficient (Wildman–Crippen LogP) is 4.05. The normalized spacial score (nSPS) is 11.4. The van der Waals surface area contributed by atoms with E-state index >= 15 is 0 Å². The topological polar surface area (TPSA) is 50.4 Å². The predicted molar refractivity (Wildman–Crippen MR) is 86.7 cm³/mol. The van der Waals surface area contributed by atoms with Crippen molar-refractivity contribution in [3.63, 3.8) is 0 Å². The van der Waals surface area contributed by atoms with E-state index in [9.17, 15) is 0 Å². The van der Waals surface area contributed by atoms with Crippen LogP contribution in [0, 0.1) is 0 Å². The third-order valence-electron chi connectivity index (χ3n) is 2.98. The zero-order valence-electron chi connectivity index (χ0n) is 11.4. The second kappa shape index (κ2) is 6.96. The molecule has 0 aliphatic rings. The molecule has 0 bridgehead atoms. The van der Waals surface area contributed by atoms with Gasteiger partial charge in [-0.25, -0.2) is 4.99 Å². The van der Waals surface area contributed by atoms with Gasteiger partial charge in [-0.2, -0.15) is 0 Å². The highest BCUT2D eigenvalue weighted by atomic mass is 35.5. The van der Waals surface area contributed by atoms with Gasteiger partial charge < -0.3 is 11.1 Å². The van der Waals surface area contributed by atoms with Crippen LogP contribution in [0.25, 0.3) is 0 Å². The lowest BCUT2D eigenvalue weighted by molar-refractivity contribution is 1.14. The number of aryl methyl sites for hydroxylation is 1. The molecular formula is C16H18ClN3. The number of benzene rings is 2. The first-order chi connectivity index (χ1) is 9.72. The molecule has 0 saturated heterocycles. The maximum Gasteiger partial charge on any atom is 0.198 e. The largest absolute Gasteiger partial charge is 0.369 e. The SMILES string of the molecule is CCc1cccc(NC(N)=Nc2ccccc2CCl)c1. The molecule has 104 valence electrons. The quantitative estimate of drug-likeness (QED) is 0.506. The lowest BCUT2D eigenvalue weighted by Gasteiger charge is -2.08. The molecule has 0 aliphatic carbocycles. The minimum absolute atomic E-state index is 0.357. The summed E-state index contributed by atoms with van der Waals surface area (Å²) in [6, 6.07) is 15.8. The fourth-order valence-corrected chi connectivity index (χ4v) is 2.13. The molecule has 20 heavy (non-hydrogen) atoms. The van der Waals surface area contributed by atoms with Crippen molar-refractivity contribution >= 4 is 28.9 Å². The van der Waals surface area contributed by atoms with E-state index in [0.717, 1.165) is 23.4 Å². The van der Waals surface area contributed by atoms with Gasteiger partial charge in [-0.15, -0.1) is 11.6 Å². The summed E-state index contributed by atoms with van der Waals surface area (Å²) in [5, 5.41) is 3.10. The highest BCUT2D eigenvalue weighted by molar-refractivity contribution is 6.17. The van der Waals surface area contributed by atoms with Crippen molar-refractivity contribution in [3.05, 3.63) is 59.7 Å². The Kier molecular flexibility index (Phi) is 5.02. The van der Waals surface area contributed by atoms with Crippen molar-refractivity contribution in [1.82, 2.24) is 0 Å². The van der Waals surface area contributed by atoms with E-state index in [1.807, 2.05) is 36.4 Å². The van der Waals surface area contributed by atoms with E-state index < -0.39 is 0 Å². The van der Waals surface area contributed by atoms with E-state index in [-0.39, 0.29) is 0 Å². The van der Waals surface area contributed by atoms with Crippen molar-refractivity contribution in [2.75, 3.05) is 5.32 Å². The first-order valence-electron chi connectivity index (χ1n) is 6.57. The van der Waals surface area contributed by atoms with Gasteiger partial charge in [0.1, 0.15) is 0 Å². The van der Waals surface area contributed by atoms with Gasteiger partial charge in [-0.05, 0) is 35.7 Å². The number of para-hydroxylation sites is 1. The average Bonchev–Trinajstić information content (AvgIpc) is 2.48. The molecule has 0 aromatic heterocycles. The van der Waals surface area contributed by atoms with Crippen molar-refractivity contribution in [2.45, 2.75) is 19.2 Å².